The summed E-state index contributed by atoms with van der Waals surface area (Å²) >= 11 is 2.49. The first-order chi connectivity index (χ1) is 19.7. The van der Waals surface area contributed by atoms with Crippen LogP contribution in [0.3, 0.4) is 0 Å². The van der Waals surface area contributed by atoms with Gasteiger partial charge in [-0.3, -0.25) is 9.59 Å². The summed E-state index contributed by atoms with van der Waals surface area (Å²) in [5.41, 5.74) is 1.93. The van der Waals surface area contributed by atoms with E-state index >= 15 is 0 Å². The molecule has 2 amide bonds. The summed E-state index contributed by atoms with van der Waals surface area (Å²) < 4.78 is 44.2. The van der Waals surface area contributed by atoms with Crippen LogP contribution in [0.2, 0.25) is 0 Å². The zero-order valence-corrected chi connectivity index (χ0v) is 25.6. The minimum atomic E-state index is -4.16. The van der Waals surface area contributed by atoms with Crippen LogP contribution in [0.5, 0.6) is 5.75 Å². The van der Waals surface area contributed by atoms with Crippen LogP contribution in [0.4, 0.5) is 5.00 Å². The number of benzene rings is 1. The maximum Gasteiger partial charge on any atom is 0.341 e. The smallest absolute Gasteiger partial charge is 0.341 e. The number of hydrogen-bond donors (Lipinski definition) is 1. The fourth-order valence-electron chi connectivity index (χ4n) is 4.62. The van der Waals surface area contributed by atoms with Crippen molar-refractivity contribution in [1.82, 2.24) is 4.57 Å². The van der Waals surface area contributed by atoms with Gasteiger partial charge in [-0.15, -0.1) is 11.3 Å². The number of rotatable bonds is 12. The highest BCUT2D eigenvalue weighted by Crippen LogP contribution is 2.38. The molecule has 14 heteroatoms. The number of anilines is 1. The van der Waals surface area contributed by atoms with Crippen molar-refractivity contribution in [1.29, 1.82) is 0 Å². The second-order valence-electron chi connectivity index (χ2n) is 9.29. The molecule has 0 fully saturated rings. The number of methoxy groups -OCH3 is 1. The van der Waals surface area contributed by atoms with Crippen LogP contribution in [0.1, 0.15) is 47.5 Å². The number of sulfone groups is 1. The van der Waals surface area contributed by atoms with Crippen LogP contribution in [0, 0.1) is 0 Å². The molecule has 0 atom stereocenters. The van der Waals surface area contributed by atoms with Gasteiger partial charge in [0, 0.05) is 18.0 Å². The number of aromatic nitrogens is 1. The predicted molar refractivity (Wildman–Crippen MR) is 158 cm³/mol. The lowest BCUT2D eigenvalue weighted by Crippen LogP contribution is -2.28. The summed E-state index contributed by atoms with van der Waals surface area (Å²) in [5.74, 6) is -3.49. The zero-order chi connectivity index (χ0) is 29.6. The van der Waals surface area contributed by atoms with Crippen LogP contribution in [0.25, 0.3) is 10.2 Å². The summed E-state index contributed by atoms with van der Waals surface area (Å²) in [5, 5.41) is 2.83. The fourth-order valence-corrected chi connectivity index (χ4v) is 8.03. The van der Waals surface area contributed by atoms with Gasteiger partial charge in [0.05, 0.1) is 36.1 Å². The minimum absolute atomic E-state index is 0.270. The number of nitrogens with zero attached hydrogens (tertiary/aromatic N) is 2. The minimum Gasteiger partial charge on any atom is -0.494 e. The molecule has 1 aromatic carbocycles. The monoisotopic (exact) mass is 623 g/mol. The number of carbonyl (C=O) groups is 3. The number of ether oxygens (including phenoxy) is 3. The van der Waals surface area contributed by atoms with Crippen LogP contribution in [-0.2, 0) is 48.3 Å². The Labute approximate surface area is 246 Å². The van der Waals surface area contributed by atoms with E-state index in [-0.39, 0.29) is 10.6 Å². The van der Waals surface area contributed by atoms with E-state index in [1.807, 2.05) is 32.0 Å². The van der Waals surface area contributed by atoms with Gasteiger partial charge in [0.2, 0.25) is 5.91 Å². The molecule has 1 N–H and O–H groups in total. The Hall–Kier alpha value is -3.07. The molecule has 0 bridgehead atoms. The van der Waals surface area contributed by atoms with E-state index in [0.29, 0.717) is 43.3 Å². The summed E-state index contributed by atoms with van der Waals surface area (Å²) in [6.45, 7) is 5.58. The predicted octanol–water partition coefficient (Wildman–Crippen LogP) is 3.35. The van der Waals surface area contributed by atoms with Crippen molar-refractivity contribution in [2.45, 2.75) is 46.1 Å². The van der Waals surface area contributed by atoms with Crippen LogP contribution < -0.4 is 14.9 Å². The molecule has 0 saturated carbocycles. The molecule has 11 nitrogen and oxygen atoms in total. The molecule has 2 aromatic heterocycles. The van der Waals surface area contributed by atoms with E-state index in [9.17, 15) is 22.8 Å². The summed E-state index contributed by atoms with van der Waals surface area (Å²) in [6, 6.07) is 5.52. The molecular formula is C27H33N3O8S3. The summed E-state index contributed by atoms with van der Waals surface area (Å²) in [7, 11) is -2.90. The second-order valence-corrected chi connectivity index (χ2v) is 13.5. The van der Waals surface area contributed by atoms with Gasteiger partial charge >= 0.3 is 5.97 Å². The van der Waals surface area contributed by atoms with Crippen LogP contribution in [-0.4, -0.2) is 69.2 Å². The summed E-state index contributed by atoms with van der Waals surface area (Å²) in [6.07, 6.45) is 3.36. The maximum absolute atomic E-state index is 12.8. The van der Waals surface area contributed by atoms with Gasteiger partial charge in [-0.1, -0.05) is 11.3 Å². The molecule has 222 valence electrons. The Kier molecular flexibility index (Phi) is 10.3. The van der Waals surface area contributed by atoms with E-state index in [4.69, 9.17) is 14.2 Å². The molecule has 1 aliphatic rings. The SMILES string of the molecule is CCOCCn1c(=NC(=O)CS(=O)(=O)CC(=O)Nc2sc3c(c2C(=O)OC)CCCC3)sc2cc(OCC)ccc21. The molecule has 0 unspecified atom stereocenters. The van der Waals surface area contributed by atoms with E-state index in [2.05, 4.69) is 10.3 Å². The van der Waals surface area contributed by atoms with Gasteiger partial charge in [0.15, 0.2) is 14.6 Å². The molecule has 2 heterocycles. The van der Waals surface area contributed by atoms with Crippen LogP contribution >= 0.6 is 22.7 Å². The highest BCUT2D eigenvalue weighted by molar-refractivity contribution is 7.92. The third kappa shape index (κ3) is 7.61. The summed E-state index contributed by atoms with van der Waals surface area (Å²) in [4.78, 5) is 43.4. The van der Waals surface area contributed by atoms with Gasteiger partial charge in [-0.2, -0.15) is 4.99 Å². The average Bonchev–Trinajstić information content (AvgIpc) is 3.44. The first-order valence-corrected chi connectivity index (χ1v) is 16.8. The van der Waals surface area contributed by atoms with Crippen LogP contribution in [0.15, 0.2) is 23.2 Å². The Morgan fingerprint density at radius 1 is 1.07 bits per heavy atom. The van der Waals surface area contributed by atoms with E-state index in [1.54, 1.807) is 4.57 Å². The number of nitrogens with one attached hydrogen (secondary N) is 1. The molecule has 0 radical (unpaired) electrons. The first kappa shape index (κ1) is 30.9. The normalized spacial score (nSPS) is 13.7. The number of thiazole rings is 1. The van der Waals surface area contributed by atoms with Crippen molar-refractivity contribution in [3.8, 4) is 5.75 Å². The van der Waals surface area contributed by atoms with Gasteiger partial charge in [0.25, 0.3) is 5.91 Å². The van der Waals surface area contributed by atoms with Gasteiger partial charge < -0.3 is 24.1 Å². The first-order valence-electron chi connectivity index (χ1n) is 13.3. The number of carbonyl (C=O) groups excluding carboxylic acids is 3. The topological polar surface area (TPSA) is 142 Å². The zero-order valence-electron chi connectivity index (χ0n) is 23.2. The van der Waals surface area contributed by atoms with E-state index in [1.165, 1.54) is 29.8 Å². The number of fused-ring (bicyclic) bond motifs is 2. The standard InChI is InChI=1S/C27H33N3O8S3/c1-4-37-13-12-30-19-11-10-17(38-5-2)14-21(19)40-27(30)29-23(32)16-41(34,35)15-22(31)28-25-24(26(33)36-3)18-8-6-7-9-20(18)39-25/h10-11,14H,4-9,12-13,15-16H2,1-3H3,(H,28,31). The van der Waals surface area contributed by atoms with Gasteiger partial charge in [0.1, 0.15) is 22.3 Å². The van der Waals surface area contributed by atoms with Crippen molar-refractivity contribution in [2.24, 2.45) is 4.99 Å². The second kappa shape index (κ2) is 13.7. The molecule has 41 heavy (non-hydrogen) atoms. The highest BCUT2D eigenvalue weighted by Gasteiger charge is 2.28. The molecule has 0 spiro atoms. The Bertz CT molecular complexity index is 1620. The molecule has 0 aliphatic heterocycles. The van der Waals surface area contributed by atoms with Crippen molar-refractivity contribution >= 4 is 65.5 Å². The lowest BCUT2D eigenvalue weighted by Gasteiger charge is -2.11. The van der Waals surface area contributed by atoms with Crippen molar-refractivity contribution in [3.05, 3.63) is 39.0 Å². The molecule has 0 saturated heterocycles. The Balaban J connectivity index is 1.51. The van der Waals surface area contributed by atoms with Crippen molar-refractivity contribution in [2.75, 3.05) is 43.8 Å². The third-order valence-electron chi connectivity index (χ3n) is 6.36. The largest absolute Gasteiger partial charge is 0.494 e. The Morgan fingerprint density at radius 2 is 1.85 bits per heavy atom. The number of amides is 2. The van der Waals surface area contributed by atoms with E-state index in [0.717, 1.165) is 39.9 Å². The van der Waals surface area contributed by atoms with E-state index < -0.39 is 39.1 Å². The number of hydrogen-bond acceptors (Lipinski definition) is 10. The molecule has 3 aromatic rings. The number of esters is 1. The molecular weight excluding hydrogens is 591 g/mol. The van der Waals surface area contributed by atoms with Crippen molar-refractivity contribution in [3.63, 3.8) is 0 Å². The fraction of sp³-hybridized carbons (Fsp3) is 0.481. The quantitative estimate of drug-likeness (QED) is 0.239. The number of thiophene rings is 1. The third-order valence-corrected chi connectivity index (χ3v) is 9.99. The average molecular weight is 624 g/mol. The molecule has 1 aliphatic carbocycles. The maximum atomic E-state index is 12.8. The Morgan fingerprint density at radius 3 is 2.59 bits per heavy atom. The van der Waals surface area contributed by atoms with Gasteiger partial charge in [-0.25, -0.2) is 13.2 Å². The van der Waals surface area contributed by atoms with Crippen molar-refractivity contribution < 1.29 is 37.0 Å². The molecule has 4 rings (SSSR count). The highest BCUT2D eigenvalue weighted by atomic mass is 32.2. The lowest BCUT2D eigenvalue weighted by atomic mass is 9.95. The van der Waals surface area contributed by atoms with Gasteiger partial charge in [-0.05, 0) is 63.3 Å². The lowest BCUT2D eigenvalue weighted by molar-refractivity contribution is -0.115. The number of aryl methyl sites for hydroxylation is 1.